The highest BCUT2D eigenvalue weighted by Gasteiger charge is 2.37. The Labute approximate surface area is 116 Å². The lowest BCUT2D eigenvalue weighted by Gasteiger charge is -2.24. The van der Waals surface area contributed by atoms with E-state index in [0.717, 1.165) is 11.1 Å². The first kappa shape index (κ1) is 16.1. The topological polar surface area (TPSA) is 36.9 Å². The van der Waals surface area contributed by atoms with Crippen LogP contribution in [0.2, 0.25) is 6.04 Å². The van der Waals surface area contributed by atoms with Crippen LogP contribution >= 0.6 is 0 Å². The maximum atomic E-state index is 5.62. The van der Waals surface area contributed by atoms with Crippen LogP contribution in [0.25, 0.3) is 6.08 Å². The minimum absolute atomic E-state index is 0.547. The van der Waals surface area contributed by atoms with E-state index in [1.165, 1.54) is 0 Å². The van der Waals surface area contributed by atoms with Crippen LogP contribution in [0.15, 0.2) is 30.8 Å². The molecule has 1 aromatic rings. The summed E-state index contributed by atoms with van der Waals surface area (Å²) in [6.45, 7) is 4.84. The van der Waals surface area contributed by atoms with E-state index in [4.69, 9.17) is 18.0 Å². The molecule has 19 heavy (non-hydrogen) atoms. The van der Waals surface area contributed by atoms with Crippen LogP contribution in [-0.2, 0) is 24.6 Å². The van der Waals surface area contributed by atoms with Crippen molar-refractivity contribution in [1.29, 1.82) is 0 Å². The highest BCUT2D eigenvalue weighted by atomic mass is 28.4. The predicted molar refractivity (Wildman–Crippen MR) is 77.8 cm³/mol. The first-order valence-corrected chi connectivity index (χ1v) is 8.07. The summed E-state index contributed by atoms with van der Waals surface area (Å²) in [5, 5.41) is 0. The van der Waals surface area contributed by atoms with Gasteiger partial charge in [-0.15, -0.1) is 0 Å². The largest absolute Gasteiger partial charge is 0.502 e. The van der Waals surface area contributed by atoms with Gasteiger partial charge in [0.05, 0.1) is 13.2 Å². The van der Waals surface area contributed by atoms with Crippen molar-refractivity contribution in [3.63, 3.8) is 0 Å². The molecule has 5 heteroatoms. The summed E-state index contributed by atoms with van der Waals surface area (Å²) >= 11 is 0. The molecular weight excluding hydrogens is 260 g/mol. The van der Waals surface area contributed by atoms with Gasteiger partial charge in [0.15, 0.2) is 0 Å². The highest BCUT2D eigenvalue weighted by Crippen LogP contribution is 2.13. The lowest BCUT2D eigenvalue weighted by atomic mass is 10.1. The van der Waals surface area contributed by atoms with Crippen molar-refractivity contribution in [1.82, 2.24) is 0 Å². The lowest BCUT2D eigenvalue weighted by Crippen LogP contribution is -2.43. The molecule has 0 aliphatic heterocycles. The van der Waals surface area contributed by atoms with E-state index in [2.05, 4.69) is 6.58 Å². The van der Waals surface area contributed by atoms with Crippen molar-refractivity contribution >= 4 is 14.9 Å². The number of ether oxygens (including phenoxy) is 1. The Morgan fingerprint density at radius 3 is 2.11 bits per heavy atom. The molecule has 0 aromatic heterocycles. The second-order valence-corrected chi connectivity index (χ2v) is 7.13. The van der Waals surface area contributed by atoms with Crippen molar-refractivity contribution in [2.75, 3.05) is 27.9 Å². The minimum Gasteiger partial charge on any atom is -0.377 e. The monoisotopic (exact) mass is 282 g/mol. The molecule has 0 saturated carbocycles. The zero-order valence-electron chi connectivity index (χ0n) is 11.8. The molecule has 0 aliphatic carbocycles. The average Bonchev–Trinajstić information content (AvgIpc) is 2.49. The molecule has 1 rings (SSSR count). The number of rotatable bonds is 9. The summed E-state index contributed by atoms with van der Waals surface area (Å²) in [5.41, 5.74) is 2.23. The third-order valence-corrected chi connectivity index (χ3v) is 5.65. The minimum atomic E-state index is -2.51. The second kappa shape index (κ2) is 8.24. The van der Waals surface area contributed by atoms with Gasteiger partial charge in [-0.25, -0.2) is 0 Å². The third-order valence-electron chi connectivity index (χ3n) is 2.97. The first-order valence-electron chi connectivity index (χ1n) is 6.14. The summed E-state index contributed by atoms with van der Waals surface area (Å²) in [7, 11) is 2.30. The van der Waals surface area contributed by atoms with Crippen molar-refractivity contribution in [3.8, 4) is 0 Å². The van der Waals surface area contributed by atoms with Crippen molar-refractivity contribution < 1.29 is 18.0 Å². The van der Waals surface area contributed by atoms with Gasteiger partial charge in [-0.1, -0.05) is 36.9 Å². The molecule has 0 aliphatic rings. The molecule has 106 valence electrons. The summed E-state index contributed by atoms with van der Waals surface area (Å²) in [6.07, 6.45) is 1.82. The molecule has 0 bridgehead atoms. The van der Waals surface area contributed by atoms with E-state index < -0.39 is 8.80 Å². The van der Waals surface area contributed by atoms with Crippen LogP contribution in [-0.4, -0.2) is 36.7 Å². The summed E-state index contributed by atoms with van der Waals surface area (Å²) in [4.78, 5) is 0. The fourth-order valence-corrected chi connectivity index (χ4v) is 3.20. The van der Waals surface area contributed by atoms with Crippen LogP contribution in [0.4, 0.5) is 0 Å². The smallest absolute Gasteiger partial charge is 0.377 e. The maximum absolute atomic E-state index is 5.62. The van der Waals surface area contributed by atoms with Gasteiger partial charge < -0.3 is 18.0 Å². The van der Waals surface area contributed by atoms with Crippen LogP contribution in [0, 0.1) is 0 Å². The molecule has 0 N–H and O–H groups in total. The molecule has 0 fully saturated rings. The van der Waals surface area contributed by atoms with E-state index in [-0.39, 0.29) is 0 Å². The number of hydrogen-bond acceptors (Lipinski definition) is 4. The Balaban J connectivity index is 2.35. The summed E-state index contributed by atoms with van der Waals surface area (Å²) in [5.74, 6) is 0. The Kier molecular flexibility index (Phi) is 6.97. The van der Waals surface area contributed by atoms with Crippen LogP contribution in [0.3, 0.4) is 0 Å². The van der Waals surface area contributed by atoms with Gasteiger partial charge in [0.1, 0.15) is 0 Å². The van der Waals surface area contributed by atoms with Gasteiger partial charge in [-0.2, -0.15) is 0 Å². The zero-order chi connectivity index (χ0) is 14.1. The molecular formula is C14H22O4Si. The van der Waals surface area contributed by atoms with Gasteiger partial charge in [0, 0.05) is 27.4 Å². The van der Waals surface area contributed by atoms with E-state index in [0.29, 0.717) is 19.3 Å². The average molecular weight is 282 g/mol. The molecule has 0 radical (unpaired) electrons. The van der Waals surface area contributed by atoms with Gasteiger partial charge in [0.25, 0.3) is 0 Å². The van der Waals surface area contributed by atoms with Crippen molar-refractivity contribution in [2.24, 2.45) is 0 Å². The first-order chi connectivity index (χ1) is 9.19. The Bertz CT molecular complexity index is 365. The Hall–Kier alpha value is -0.983. The highest BCUT2D eigenvalue weighted by molar-refractivity contribution is 6.60. The zero-order valence-corrected chi connectivity index (χ0v) is 12.8. The lowest BCUT2D eigenvalue weighted by molar-refractivity contribution is 0.0898. The quantitative estimate of drug-likeness (QED) is 0.515. The molecule has 0 spiro atoms. The van der Waals surface area contributed by atoms with Gasteiger partial charge in [-0.05, 0) is 11.1 Å². The number of benzene rings is 1. The molecule has 4 nitrogen and oxygen atoms in total. The Morgan fingerprint density at radius 2 is 1.63 bits per heavy atom. The van der Waals surface area contributed by atoms with E-state index in [1.807, 2.05) is 30.3 Å². The summed E-state index contributed by atoms with van der Waals surface area (Å²) < 4.78 is 21.6. The molecule has 0 atom stereocenters. The standard InChI is InChI=1S/C14H22O4Si/c1-5-13-6-8-14(9-7-13)12-18-10-11-19(15-2,16-3)17-4/h5-9H,1,10-12H2,2-4H3. The van der Waals surface area contributed by atoms with E-state index in [9.17, 15) is 0 Å². The fraction of sp³-hybridized carbons (Fsp3) is 0.429. The molecule has 0 unspecified atom stereocenters. The molecule has 0 saturated heterocycles. The van der Waals surface area contributed by atoms with Gasteiger partial charge in [0.2, 0.25) is 0 Å². The van der Waals surface area contributed by atoms with Gasteiger partial charge in [-0.3, -0.25) is 0 Å². The fourth-order valence-electron chi connectivity index (χ4n) is 1.69. The molecule has 0 amide bonds. The van der Waals surface area contributed by atoms with Crippen molar-refractivity contribution in [3.05, 3.63) is 42.0 Å². The van der Waals surface area contributed by atoms with Crippen molar-refractivity contribution in [2.45, 2.75) is 12.7 Å². The number of hydrogen-bond donors (Lipinski definition) is 0. The predicted octanol–water partition coefficient (Wildman–Crippen LogP) is 2.72. The van der Waals surface area contributed by atoms with Crippen LogP contribution in [0.5, 0.6) is 0 Å². The second-order valence-electron chi connectivity index (χ2n) is 4.04. The molecule has 1 aromatic carbocycles. The Morgan fingerprint density at radius 1 is 1.05 bits per heavy atom. The van der Waals surface area contributed by atoms with E-state index in [1.54, 1.807) is 21.3 Å². The summed E-state index contributed by atoms with van der Waals surface area (Å²) in [6, 6.07) is 8.74. The normalized spacial score (nSPS) is 11.5. The van der Waals surface area contributed by atoms with Gasteiger partial charge >= 0.3 is 8.80 Å². The molecule has 0 heterocycles. The van der Waals surface area contributed by atoms with E-state index >= 15 is 0 Å². The maximum Gasteiger partial charge on any atom is 0.502 e. The van der Waals surface area contributed by atoms with Crippen LogP contribution in [0.1, 0.15) is 11.1 Å². The van der Waals surface area contributed by atoms with Crippen LogP contribution < -0.4 is 0 Å². The third kappa shape index (κ3) is 4.89. The SMILES string of the molecule is C=Cc1ccc(COCC[Si](OC)(OC)OC)cc1.